The van der Waals surface area contributed by atoms with Gasteiger partial charge >= 0.3 is 0 Å². The summed E-state index contributed by atoms with van der Waals surface area (Å²) in [7, 11) is 0. The van der Waals surface area contributed by atoms with Crippen molar-refractivity contribution in [2.75, 3.05) is 0 Å². The number of rotatable bonds is 3. The monoisotopic (exact) mass is 421 g/mol. The highest BCUT2D eigenvalue weighted by atomic mass is 15.3. The molecule has 0 N–H and O–H groups in total. The summed E-state index contributed by atoms with van der Waals surface area (Å²) in [6, 6.07) is 2.23. The summed E-state index contributed by atoms with van der Waals surface area (Å²) in [5.74, 6) is 8.25. The van der Waals surface area contributed by atoms with Crippen molar-refractivity contribution < 1.29 is 0 Å². The van der Waals surface area contributed by atoms with Gasteiger partial charge in [0.15, 0.2) is 0 Å². The Kier molecular flexibility index (Phi) is 5.72. The molecule has 0 amide bonds. The van der Waals surface area contributed by atoms with Crippen LogP contribution in [0.4, 0.5) is 0 Å². The van der Waals surface area contributed by atoms with E-state index in [0.29, 0.717) is 16.9 Å². The van der Waals surface area contributed by atoms with E-state index in [0.717, 1.165) is 53.9 Å². The van der Waals surface area contributed by atoms with Gasteiger partial charge in [-0.15, -0.1) is 0 Å². The predicted octanol–water partition coefficient (Wildman–Crippen LogP) is 6.93. The van der Waals surface area contributed by atoms with Crippen LogP contribution in [-0.2, 0) is 6.54 Å². The Hall–Kier alpha value is -1.30. The van der Waals surface area contributed by atoms with Gasteiger partial charge < -0.3 is 0 Å². The van der Waals surface area contributed by atoms with Gasteiger partial charge in [0.2, 0.25) is 0 Å². The lowest BCUT2D eigenvalue weighted by atomic mass is 9.42. The van der Waals surface area contributed by atoms with Gasteiger partial charge in [-0.25, -0.2) is 0 Å². The first-order valence-electron chi connectivity index (χ1n) is 13.3. The Balaban J connectivity index is 1.36. The van der Waals surface area contributed by atoms with Crippen molar-refractivity contribution in [3.05, 3.63) is 18.0 Å². The van der Waals surface area contributed by atoms with E-state index in [9.17, 15) is 0 Å². The van der Waals surface area contributed by atoms with E-state index < -0.39 is 0 Å². The summed E-state index contributed by atoms with van der Waals surface area (Å²) < 4.78 is 2.03. The lowest BCUT2D eigenvalue weighted by Crippen LogP contribution is -2.56. The third-order valence-electron chi connectivity index (χ3n) is 10.8. The largest absolute Gasteiger partial charge is 0.271 e. The molecule has 3 nitrogen and oxygen atoms in total. The number of hydrogen-bond donors (Lipinski definition) is 0. The van der Waals surface area contributed by atoms with Crippen LogP contribution in [0.25, 0.3) is 0 Å². The summed E-state index contributed by atoms with van der Waals surface area (Å²) in [4.78, 5) is 0. The number of hydrogen-bond acceptors (Lipinski definition) is 2. The molecule has 10 unspecified atom stereocenters. The van der Waals surface area contributed by atoms with Crippen LogP contribution in [0.15, 0.2) is 12.4 Å². The first-order chi connectivity index (χ1) is 14.9. The number of nitriles is 1. The number of nitrogens with zero attached hydrogens (tertiary/aromatic N) is 3. The average Bonchev–Trinajstić information content (AvgIpc) is 3.20. The summed E-state index contributed by atoms with van der Waals surface area (Å²) in [6.07, 6.45) is 16.9. The molecule has 0 spiro atoms. The maximum Gasteiger partial charge on any atom is 0.102 e. The molecule has 5 rings (SSSR count). The molecule has 4 aliphatic rings. The molecule has 4 aliphatic carbocycles. The Bertz CT molecular complexity index is 820. The Morgan fingerprint density at radius 2 is 1.90 bits per heavy atom. The molecule has 1 aromatic heterocycles. The van der Waals surface area contributed by atoms with Crippen LogP contribution >= 0.6 is 0 Å². The van der Waals surface area contributed by atoms with Gasteiger partial charge in [-0.1, -0.05) is 40.5 Å². The van der Waals surface area contributed by atoms with Crippen molar-refractivity contribution in [1.82, 2.24) is 9.78 Å². The predicted molar refractivity (Wildman–Crippen MR) is 125 cm³/mol. The second-order valence-electron chi connectivity index (χ2n) is 12.5. The van der Waals surface area contributed by atoms with Gasteiger partial charge in [-0.2, -0.15) is 10.4 Å². The molecule has 31 heavy (non-hydrogen) atoms. The number of aromatic nitrogens is 2. The van der Waals surface area contributed by atoms with Crippen LogP contribution in [0.3, 0.4) is 0 Å². The molecule has 0 saturated heterocycles. The zero-order valence-corrected chi connectivity index (χ0v) is 20.3. The summed E-state index contributed by atoms with van der Waals surface area (Å²) in [6.45, 7) is 11.2. The fourth-order valence-corrected chi connectivity index (χ4v) is 9.70. The van der Waals surface area contributed by atoms with Crippen molar-refractivity contribution in [3.63, 3.8) is 0 Å². The standard InChI is InChI=1S/C28H43N3/c1-18-5-8-23-22(13-18)7-9-25-24(23)11-12-28(4)26(10-6-19(2)27(25)28)20(3)16-31-17-21(14-29)15-30-31/h15,17-20,22-27H,5-13,16H2,1-4H3. The van der Waals surface area contributed by atoms with Crippen LogP contribution in [0.1, 0.15) is 91.0 Å². The van der Waals surface area contributed by atoms with E-state index in [2.05, 4.69) is 38.9 Å². The normalized spacial score (nSPS) is 45.6. The highest BCUT2D eigenvalue weighted by molar-refractivity contribution is 5.21. The molecule has 1 aromatic rings. The minimum Gasteiger partial charge on any atom is -0.271 e. The third kappa shape index (κ3) is 3.67. The van der Waals surface area contributed by atoms with Gasteiger partial charge in [0, 0.05) is 12.7 Å². The van der Waals surface area contributed by atoms with Crippen molar-refractivity contribution in [3.8, 4) is 6.07 Å². The molecule has 4 fully saturated rings. The Morgan fingerprint density at radius 1 is 1.10 bits per heavy atom. The zero-order chi connectivity index (χ0) is 21.8. The van der Waals surface area contributed by atoms with Crippen molar-refractivity contribution >= 4 is 0 Å². The topological polar surface area (TPSA) is 41.6 Å². The van der Waals surface area contributed by atoms with Crippen LogP contribution in [0.5, 0.6) is 0 Å². The SMILES string of the molecule is CC1CCC2C(CCC3C2CCC2(C)C(C(C)Cn4cc(C#N)cn4)CCC(C)C32)C1. The third-order valence-corrected chi connectivity index (χ3v) is 10.8. The van der Waals surface area contributed by atoms with Gasteiger partial charge in [0.1, 0.15) is 6.07 Å². The molecule has 0 radical (unpaired) electrons. The molecule has 1 heterocycles. The molecular formula is C28H43N3. The van der Waals surface area contributed by atoms with Crippen LogP contribution in [0, 0.1) is 70.0 Å². The zero-order valence-electron chi connectivity index (χ0n) is 20.3. The van der Waals surface area contributed by atoms with Crippen LogP contribution < -0.4 is 0 Å². The summed E-state index contributed by atoms with van der Waals surface area (Å²) >= 11 is 0. The van der Waals surface area contributed by atoms with E-state index in [-0.39, 0.29) is 0 Å². The lowest BCUT2D eigenvalue weighted by molar-refractivity contribution is -0.141. The smallest absolute Gasteiger partial charge is 0.102 e. The van der Waals surface area contributed by atoms with Gasteiger partial charge in [-0.05, 0) is 104 Å². The van der Waals surface area contributed by atoms with Crippen molar-refractivity contribution in [2.45, 2.75) is 92.0 Å². The second-order valence-corrected chi connectivity index (χ2v) is 12.5. The maximum absolute atomic E-state index is 9.16. The minimum atomic E-state index is 0.484. The van der Waals surface area contributed by atoms with Crippen LogP contribution in [0.2, 0.25) is 0 Å². The van der Waals surface area contributed by atoms with E-state index in [1.54, 1.807) is 6.20 Å². The van der Waals surface area contributed by atoms with Crippen LogP contribution in [-0.4, -0.2) is 9.78 Å². The van der Waals surface area contributed by atoms with E-state index >= 15 is 0 Å². The van der Waals surface area contributed by atoms with E-state index in [4.69, 9.17) is 5.26 Å². The average molecular weight is 422 g/mol. The van der Waals surface area contributed by atoms with Crippen molar-refractivity contribution in [2.24, 2.45) is 58.7 Å². The van der Waals surface area contributed by atoms with E-state index in [1.165, 1.54) is 57.8 Å². The molecular weight excluding hydrogens is 378 g/mol. The second kappa shape index (κ2) is 8.24. The fraction of sp³-hybridized carbons (Fsp3) is 0.857. The lowest BCUT2D eigenvalue weighted by Gasteiger charge is -2.63. The van der Waals surface area contributed by atoms with Gasteiger partial charge in [0.25, 0.3) is 0 Å². The van der Waals surface area contributed by atoms with Gasteiger partial charge in [0.05, 0.1) is 11.8 Å². The Morgan fingerprint density at radius 3 is 2.68 bits per heavy atom. The first kappa shape index (κ1) is 21.5. The molecule has 3 heteroatoms. The minimum absolute atomic E-state index is 0.484. The molecule has 170 valence electrons. The highest BCUT2D eigenvalue weighted by Gasteiger charge is 2.57. The van der Waals surface area contributed by atoms with Crippen molar-refractivity contribution in [1.29, 1.82) is 5.26 Å². The molecule has 0 aromatic carbocycles. The fourth-order valence-electron chi connectivity index (χ4n) is 9.70. The van der Waals surface area contributed by atoms with E-state index in [1.807, 2.05) is 10.9 Å². The molecule has 0 aliphatic heterocycles. The molecule has 0 bridgehead atoms. The quantitative estimate of drug-likeness (QED) is 0.531. The summed E-state index contributed by atoms with van der Waals surface area (Å²) in [5.41, 5.74) is 1.17. The van der Waals surface area contributed by atoms with Gasteiger partial charge in [-0.3, -0.25) is 4.68 Å². The maximum atomic E-state index is 9.16. The Labute approximate surface area is 190 Å². The molecule has 4 saturated carbocycles. The highest BCUT2D eigenvalue weighted by Crippen LogP contribution is 2.65. The first-order valence-corrected chi connectivity index (χ1v) is 13.3. The number of fused-ring (bicyclic) bond motifs is 5. The summed E-state index contributed by atoms with van der Waals surface area (Å²) in [5, 5.41) is 13.6. The molecule has 10 atom stereocenters.